The van der Waals surface area contributed by atoms with Crippen molar-refractivity contribution in [2.24, 2.45) is 5.41 Å². The molecule has 0 saturated carbocycles. The molecule has 172 valence electrons. The summed E-state index contributed by atoms with van der Waals surface area (Å²) in [6.45, 7) is 4.68. The maximum atomic E-state index is 13.1. The van der Waals surface area contributed by atoms with Gasteiger partial charge in [0.2, 0.25) is 5.91 Å². The van der Waals surface area contributed by atoms with Gasteiger partial charge in [-0.3, -0.25) is 14.7 Å². The topological polar surface area (TPSA) is 54.5 Å². The summed E-state index contributed by atoms with van der Waals surface area (Å²) in [5.41, 5.74) is 5.41. The number of hydrogen-bond donors (Lipinski definition) is 1. The number of hydrogen-bond acceptors (Lipinski definition) is 4. The van der Waals surface area contributed by atoms with Crippen LogP contribution in [-0.2, 0) is 17.8 Å². The molecule has 4 rings (SSSR count). The van der Waals surface area contributed by atoms with Crippen LogP contribution in [0.4, 0.5) is 0 Å². The third-order valence-corrected chi connectivity index (χ3v) is 6.82. The lowest BCUT2D eigenvalue weighted by atomic mass is 9.72. The first kappa shape index (κ1) is 23.0. The van der Waals surface area contributed by atoms with Gasteiger partial charge in [-0.15, -0.1) is 0 Å². The highest BCUT2D eigenvalue weighted by atomic mass is 16.5. The Hall–Kier alpha value is -3.18. The second-order valence-electron chi connectivity index (χ2n) is 9.07. The third-order valence-electron chi connectivity index (χ3n) is 6.82. The van der Waals surface area contributed by atoms with E-state index >= 15 is 0 Å². The van der Waals surface area contributed by atoms with Crippen LogP contribution in [0, 0.1) is 12.3 Å². The van der Waals surface area contributed by atoms with Gasteiger partial charge in [0.05, 0.1) is 12.5 Å². The zero-order chi connectivity index (χ0) is 23.3. The Morgan fingerprint density at radius 2 is 1.88 bits per heavy atom. The summed E-state index contributed by atoms with van der Waals surface area (Å²) < 4.78 is 5.60. The van der Waals surface area contributed by atoms with E-state index in [1.165, 1.54) is 16.7 Å². The maximum Gasteiger partial charge on any atom is 0.226 e. The van der Waals surface area contributed by atoms with E-state index in [1.807, 2.05) is 12.3 Å². The summed E-state index contributed by atoms with van der Waals surface area (Å²) in [6.07, 6.45) is 6.07. The number of carbonyl (C=O) groups excluding carboxylic acids is 1. The number of ether oxygens (including phenoxy) is 1. The van der Waals surface area contributed by atoms with Gasteiger partial charge in [-0.25, -0.2) is 0 Å². The summed E-state index contributed by atoms with van der Waals surface area (Å²) in [6, 6.07) is 18.9. The molecule has 1 aliphatic rings. The minimum Gasteiger partial charge on any atom is -0.496 e. The molecular weight excluding hydrogens is 410 g/mol. The van der Waals surface area contributed by atoms with Crippen molar-refractivity contribution >= 4 is 5.91 Å². The van der Waals surface area contributed by atoms with E-state index in [0.717, 1.165) is 55.8 Å². The van der Waals surface area contributed by atoms with Crippen molar-refractivity contribution in [1.82, 2.24) is 15.2 Å². The van der Waals surface area contributed by atoms with Crippen LogP contribution in [0.15, 0.2) is 67.0 Å². The molecule has 2 aromatic carbocycles. The maximum absolute atomic E-state index is 13.1. The molecule has 5 heteroatoms. The molecule has 2 heterocycles. The van der Waals surface area contributed by atoms with Gasteiger partial charge in [-0.1, -0.05) is 42.5 Å². The van der Waals surface area contributed by atoms with Gasteiger partial charge in [0.25, 0.3) is 0 Å². The van der Waals surface area contributed by atoms with Crippen molar-refractivity contribution in [3.8, 4) is 16.9 Å². The molecule has 1 amide bonds. The SMILES string of the molecule is CNC(=O)C1(Cc2cccc(-c3cccnc3)c2)CCN(Cc2ccc(C)cc2OC)CC1. The highest BCUT2D eigenvalue weighted by Crippen LogP contribution is 2.37. The Bertz CT molecular complexity index is 1090. The Morgan fingerprint density at radius 3 is 2.58 bits per heavy atom. The number of amides is 1. The number of nitrogens with zero attached hydrogens (tertiary/aromatic N) is 2. The molecule has 1 saturated heterocycles. The summed E-state index contributed by atoms with van der Waals surface area (Å²) in [5.74, 6) is 1.08. The molecule has 1 fully saturated rings. The van der Waals surface area contributed by atoms with E-state index in [-0.39, 0.29) is 5.91 Å². The normalized spacial score (nSPS) is 15.7. The van der Waals surface area contributed by atoms with Crippen LogP contribution in [0.2, 0.25) is 0 Å². The first-order valence-electron chi connectivity index (χ1n) is 11.6. The van der Waals surface area contributed by atoms with Gasteiger partial charge in [0.15, 0.2) is 0 Å². The van der Waals surface area contributed by atoms with Gasteiger partial charge in [-0.2, -0.15) is 0 Å². The van der Waals surface area contributed by atoms with E-state index in [4.69, 9.17) is 4.74 Å². The lowest BCUT2D eigenvalue weighted by Crippen LogP contribution is -2.49. The molecule has 0 unspecified atom stereocenters. The molecule has 0 aliphatic carbocycles. The number of piperidine rings is 1. The Kier molecular flexibility index (Phi) is 7.09. The number of pyridine rings is 1. The predicted octanol–water partition coefficient (Wildman–Crippen LogP) is 4.64. The Morgan fingerprint density at radius 1 is 1.09 bits per heavy atom. The van der Waals surface area contributed by atoms with Gasteiger partial charge in [0.1, 0.15) is 5.75 Å². The molecule has 5 nitrogen and oxygen atoms in total. The smallest absolute Gasteiger partial charge is 0.226 e. The highest BCUT2D eigenvalue weighted by molar-refractivity contribution is 5.83. The van der Waals surface area contributed by atoms with Gasteiger partial charge < -0.3 is 10.1 Å². The lowest BCUT2D eigenvalue weighted by molar-refractivity contribution is -0.133. The van der Waals surface area contributed by atoms with Crippen LogP contribution in [0.5, 0.6) is 5.75 Å². The number of aryl methyl sites for hydroxylation is 1. The average molecular weight is 444 g/mol. The van der Waals surface area contributed by atoms with Crippen LogP contribution in [-0.4, -0.2) is 43.0 Å². The Labute approximate surface area is 196 Å². The quantitative estimate of drug-likeness (QED) is 0.578. The predicted molar refractivity (Wildman–Crippen MR) is 132 cm³/mol. The van der Waals surface area contributed by atoms with E-state index < -0.39 is 5.41 Å². The largest absolute Gasteiger partial charge is 0.496 e. The molecule has 0 spiro atoms. The number of aromatic nitrogens is 1. The summed E-state index contributed by atoms with van der Waals surface area (Å²) in [5, 5.41) is 2.94. The number of benzene rings is 2. The fourth-order valence-electron chi connectivity index (χ4n) is 4.90. The van der Waals surface area contributed by atoms with Gasteiger partial charge in [0, 0.05) is 31.5 Å². The second kappa shape index (κ2) is 10.2. The molecule has 0 radical (unpaired) electrons. The van der Waals surface area contributed by atoms with Crippen LogP contribution in [0.25, 0.3) is 11.1 Å². The average Bonchev–Trinajstić information content (AvgIpc) is 2.86. The molecule has 33 heavy (non-hydrogen) atoms. The number of likely N-dealkylation sites (tertiary alicyclic amines) is 1. The summed E-state index contributed by atoms with van der Waals surface area (Å²) >= 11 is 0. The molecule has 0 atom stereocenters. The van der Waals surface area contributed by atoms with Crippen LogP contribution >= 0.6 is 0 Å². The second-order valence-corrected chi connectivity index (χ2v) is 9.07. The zero-order valence-electron chi connectivity index (χ0n) is 19.8. The number of methoxy groups -OCH3 is 1. The summed E-state index contributed by atoms with van der Waals surface area (Å²) in [7, 11) is 3.48. The van der Waals surface area contributed by atoms with Crippen molar-refractivity contribution in [1.29, 1.82) is 0 Å². The number of carbonyl (C=O) groups is 1. The van der Waals surface area contributed by atoms with Crippen LogP contribution in [0.3, 0.4) is 0 Å². The lowest BCUT2D eigenvalue weighted by Gasteiger charge is -2.40. The first-order chi connectivity index (χ1) is 16.0. The molecule has 3 aromatic rings. The minimum atomic E-state index is -0.393. The fraction of sp³-hybridized carbons (Fsp3) is 0.357. The van der Waals surface area contributed by atoms with E-state index in [0.29, 0.717) is 0 Å². The van der Waals surface area contributed by atoms with Crippen molar-refractivity contribution in [3.05, 3.63) is 83.7 Å². The number of nitrogens with one attached hydrogen (secondary N) is 1. The van der Waals surface area contributed by atoms with Crippen LogP contribution in [0.1, 0.15) is 29.5 Å². The van der Waals surface area contributed by atoms with Crippen molar-refractivity contribution in [2.75, 3.05) is 27.2 Å². The third kappa shape index (κ3) is 5.25. The van der Waals surface area contributed by atoms with E-state index in [2.05, 4.69) is 70.7 Å². The number of rotatable bonds is 7. The molecule has 1 aliphatic heterocycles. The highest BCUT2D eigenvalue weighted by Gasteiger charge is 2.41. The van der Waals surface area contributed by atoms with Crippen molar-refractivity contribution in [3.63, 3.8) is 0 Å². The monoisotopic (exact) mass is 443 g/mol. The van der Waals surface area contributed by atoms with Crippen molar-refractivity contribution in [2.45, 2.75) is 32.7 Å². The minimum absolute atomic E-state index is 0.141. The molecule has 1 aromatic heterocycles. The van der Waals surface area contributed by atoms with Gasteiger partial charge in [-0.05, 0) is 73.7 Å². The van der Waals surface area contributed by atoms with Gasteiger partial charge >= 0.3 is 0 Å². The summed E-state index contributed by atoms with van der Waals surface area (Å²) in [4.78, 5) is 19.8. The fourth-order valence-corrected chi connectivity index (χ4v) is 4.90. The molecular formula is C28H33N3O2. The first-order valence-corrected chi connectivity index (χ1v) is 11.6. The van der Waals surface area contributed by atoms with E-state index in [9.17, 15) is 4.79 Å². The van der Waals surface area contributed by atoms with E-state index in [1.54, 1.807) is 20.4 Å². The molecule has 1 N–H and O–H groups in total. The Balaban J connectivity index is 1.49. The van der Waals surface area contributed by atoms with Crippen molar-refractivity contribution < 1.29 is 9.53 Å². The standard InChI is InChI=1S/C28H33N3O2/c1-21-9-10-25(26(16-21)33-3)20-31-14-11-28(12-15-31,27(32)29-2)18-22-6-4-7-23(17-22)24-8-5-13-30-19-24/h4-10,13,16-17,19H,11-12,14-15,18,20H2,1-3H3,(H,29,32). The molecule has 0 bridgehead atoms. The van der Waals surface area contributed by atoms with Crippen LogP contribution < -0.4 is 10.1 Å². The zero-order valence-corrected chi connectivity index (χ0v) is 19.8.